The summed E-state index contributed by atoms with van der Waals surface area (Å²) in [5.74, 6) is 0.0308. The highest BCUT2D eigenvalue weighted by molar-refractivity contribution is 7.93. The van der Waals surface area contributed by atoms with Crippen molar-refractivity contribution in [3.8, 4) is 0 Å². The van der Waals surface area contributed by atoms with Crippen LogP contribution in [0.2, 0.25) is 0 Å². The quantitative estimate of drug-likeness (QED) is 0.832. The molecule has 1 N–H and O–H groups in total. The maximum absolute atomic E-state index is 12.3. The molecular weight excluding hydrogens is 324 g/mol. The zero-order valence-corrected chi connectivity index (χ0v) is 14.6. The van der Waals surface area contributed by atoms with Gasteiger partial charge in [0.15, 0.2) is 0 Å². The van der Waals surface area contributed by atoms with E-state index in [2.05, 4.69) is 11.4 Å². The van der Waals surface area contributed by atoms with Gasteiger partial charge in [0, 0.05) is 18.7 Å². The lowest BCUT2D eigenvalue weighted by molar-refractivity contribution is 0.0954. The second kappa shape index (κ2) is 7.38. The SMILES string of the molecule is O=C(NCCC1=CCCCC1)c1cccc(N2CCCS2(=O)=O)c1. The van der Waals surface area contributed by atoms with E-state index < -0.39 is 10.0 Å². The van der Waals surface area contributed by atoms with Gasteiger partial charge in [-0.1, -0.05) is 17.7 Å². The molecule has 1 aromatic carbocycles. The molecule has 1 fully saturated rings. The van der Waals surface area contributed by atoms with E-state index >= 15 is 0 Å². The minimum absolute atomic E-state index is 0.148. The third kappa shape index (κ3) is 3.98. The Balaban J connectivity index is 1.61. The Kier molecular flexibility index (Phi) is 5.23. The van der Waals surface area contributed by atoms with Crippen LogP contribution >= 0.6 is 0 Å². The molecule has 1 amide bonds. The van der Waals surface area contributed by atoms with Crippen LogP contribution in [-0.4, -0.2) is 33.2 Å². The molecule has 0 radical (unpaired) electrons. The van der Waals surface area contributed by atoms with E-state index in [0.717, 1.165) is 19.3 Å². The minimum atomic E-state index is -3.22. The fourth-order valence-corrected chi connectivity index (χ4v) is 4.86. The molecular formula is C18H24N2O3S. The number of benzene rings is 1. The third-order valence-corrected chi connectivity index (χ3v) is 6.48. The molecule has 130 valence electrons. The first-order chi connectivity index (χ1) is 11.6. The van der Waals surface area contributed by atoms with Gasteiger partial charge in [-0.05, 0) is 56.7 Å². The molecule has 0 atom stereocenters. The van der Waals surface area contributed by atoms with Gasteiger partial charge in [0.05, 0.1) is 11.4 Å². The van der Waals surface area contributed by atoms with Gasteiger partial charge in [-0.2, -0.15) is 0 Å². The molecule has 3 rings (SSSR count). The monoisotopic (exact) mass is 348 g/mol. The Bertz CT molecular complexity index is 740. The van der Waals surface area contributed by atoms with E-state index in [-0.39, 0.29) is 11.7 Å². The fraction of sp³-hybridized carbons (Fsp3) is 0.500. The number of hydrogen-bond donors (Lipinski definition) is 1. The normalized spacial score (nSPS) is 19.8. The zero-order chi connectivity index (χ0) is 17.0. The zero-order valence-electron chi connectivity index (χ0n) is 13.8. The molecule has 1 saturated heterocycles. The van der Waals surface area contributed by atoms with Gasteiger partial charge in [0.25, 0.3) is 5.91 Å². The summed E-state index contributed by atoms with van der Waals surface area (Å²) < 4.78 is 25.4. The lowest BCUT2D eigenvalue weighted by atomic mass is 9.97. The largest absolute Gasteiger partial charge is 0.352 e. The summed E-state index contributed by atoms with van der Waals surface area (Å²) in [4.78, 5) is 12.3. The molecule has 0 spiro atoms. The molecule has 24 heavy (non-hydrogen) atoms. The van der Waals surface area contributed by atoms with Crippen molar-refractivity contribution in [1.82, 2.24) is 5.32 Å². The average molecular weight is 348 g/mol. The first-order valence-electron chi connectivity index (χ1n) is 8.63. The first-order valence-corrected chi connectivity index (χ1v) is 10.2. The second-order valence-electron chi connectivity index (χ2n) is 6.41. The van der Waals surface area contributed by atoms with E-state index in [0.29, 0.717) is 30.8 Å². The van der Waals surface area contributed by atoms with Crippen molar-refractivity contribution in [3.63, 3.8) is 0 Å². The Morgan fingerprint density at radius 2 is 2.08 bits per heavy atom. The predicted molar refractivity (Wildman–Crippen MR) is 95.7 cm³/mol. The van der Waals surface area contributed by atoms with Crippen molar-refractivity contribution in [2.45, 2.75) is 38.5 Å². The van der Waals surface area contributed by atoms with Crippen LogP contribution in [0.15, 0.2) is 35.9 Å². The van der Waals surface area contributed by atoms with Crippen LogP contribution in [0.1, 0.15) is 48.9 Å². The molecule has 1 heterocycles. The van der Waals surface area contributed by atoms with Crippen molar-refractivity contribution in [1.29, 1.82) is 0 Å². The Morgan fingerprint density at radius 1 is 1.21 bits per heavy atom. The van der Waals surface area contributed by atoms with Gasteiger partial charge in [0.2, 0.25) is 10.0 Å². The van der Waals surface area contributed by atoms with Crippen LogP contribution < -0.4 is 9.62 Å². The summed E-state index contributed by atoms with van der Waals surface area (Å²) in [7, 11) is -3.22. The summed E-state index contributed by atoms with van der Waals surface area (Å²) in [6.45, 7) is 1.11. The van der Waals surface area contributed by atoms with E-state index in [4.69, 9.17) is 0 Å². The predicted octanol–water partition coefficient (Wildman–Crippen LogP) is 2.85. The summed E-state index contributed by atoms with van der Waals surface area (Å²) in [6.07, 6.45) is 8.61. The second-order valence-corrected chi connectivity index (χ2v) is 8.42. The van der Waals surface area contributed by atoms with E-state index in [1.54, 1.807) is 24.3 Å². The highest BCUT2D eigenvalue weighted by Crippen LogP contribution is 2.25. The third-order valence-electron chi connectivity index (χ3n) is 4.61. The standard InChI is InChI=1S/C18H24N2O3S/c21-18(19-11-10-15-6-2-1-3-7-15)16-8-4-9-17(14-16)20-12-5-13-24(20,22)23/h4,6,8-9,14H,1-3,5,7,10-13H2,(H,19,21). The maximum Gasteiger partial charge on any atom is 0.251 e. The Hall–Kier alpha value is -1.82. The number of sulfonamides is 1. The Morgan fingerprint density at radius 3 is 2.79 bits per heavy atom. The van der Waals surface area contributed by atoms with Crippen molar-refractivity contribution in [2.75, 3.05) is 23.1 Å². The minimum Gasteiger partial charge on any atom is -0.352 e. The van der Waals surface area contributed by atoms with Crippen molar-refractivity contribution >= 4 is 21.6 Å². The summed E-state index contributed by atoms with van der Waals surface area (Å²) >= 11 is 0. The molecule has 1 aliphatic carbocycles. The van der Waals surface area contributed by atoms with Gasteiger partial charge >= 0.3 is 0 Å². The van der Waals surface area contributed by atoms with E-state index in [9.17, 15) is 13.2 Å². The topological polar surface area (TPSA) is 66.5 Å². The van der Waals surface area contributed by atoms with Gasteiger partial charge in [-0.3, -0.25) is 9.10 Å². The lowest BCUT2D eigenvalue weighted by Crippen LogP contribution is -2.27. The summed E-state index contributed by atoms with van der Waals surface area (Å²) in [5.41, 5.74) is 2.51. The molecule has 0 unspecified atom stereocenters. The number of amides is 1. The van der Waals surface area contributed by atoms with Crippen molar-refractivity contribution in [3.05, 3.63) is 41.5 Å². The number of carbonyl (C=O) groups excluding carboxylic acids is 1. The molecule has 1 aliphatic heterocycles. The smallest absolute Gasteiger partial charge is 0.251 e. The van der Waals surface area contributed by atoms with Crippen LogP contribution in [0, 0.1) is 0 Å². The van der Waals surface area contributed by atoms with E-state index in [1.165, 1.54) is 22.7 Å². The highest BCUT2D eigenvalue weighted by Gasteiger charge is 2.28. The average Bonchev–Trinajstić information content (AvgIpc) is 2.95. The molecule has 2 aliphatic rings. The first kappa shape index (κ1) is 17.0. The number of carbonyl (C=O) groups is 1. The molecule has 6 heteroatoms. The van der Waals surface area contributed by atoms with Gasteiger partial charge < -0.3 is 5.32 Å². The van der Waals surface area contributed by atoms with Gasteiger partial charge in [0.1, 0.15) is 0 Å². The maximum atomic E-state index is 12.3. The molecule has 1 aromatic rings. The Labute approximate surface area is 143 Å². The van der Waals surface area contributed by atoms with Crippen molar-refractivity contribution in [2.24, 2.45) is 0 Å². The number of nitrogens with zero attached hydrogens (tertiary/aromatic N) is 1. The summed E-state index contributed by atoms with van der Waals surface area (Å²) in [6, 6.07) is 6.87. The molecule has 5 nitrogen and oxygen atoms in total. The summed E-state index contributed by atoms with van der Waals surface area (Å²) in [5, 5.41) is 2.94. The number of anilines is 1. The number of nitrogens with one attached hydrogen (secondary N) is 1. The number of allylic oxidation sites excluding steroid dienone is 1. The van der Waals surface area contributed by atoms with Crippen LogP contribution in [0.3, 0.4) is 0 Å². The lowest BCUT2D eigenvalue weighted by Gasteiger charge is -2.17. The highest BCUT2D eigenvalue weighted by atomic mass is 32.2. The van der Waals surface area contributed by atoms with Crippen LogP contribution in [0.5, 0.6) is 0 Å². The van der Waals surface area contributed by atoms with Crippen molar-refractivity contribution < 1.29 is 13.2 Å². The fourth-order valence-electron chi connectivity index (χ4n) is 3.30. The number of rotatable bonds is 5. The number of hydrogen-bond acceptors (Lipinski definition) is 3. The van der Waals surface area contributed by atoms with Gasteiger partial charge in [-0.15, -0.1) is 0 Å². The van der Waals surface area contributed by atoms with Crippen LogP contribution in [0.4, 0.5) is 5.69 Å². The molecule has 0 aromatic heterocycles. The van der Waals surface area contributed by atoms with E-state index in [1.807, 2.05) is 0 Å². The van der Waals surface area contributed by atoms with Crippen LogP contribution in [0.25, 0.3) is 0 Å². The molecule has 0 saturated carbocycles. The van der Waals surface area contributed by atoms with Crippen LogP contribution in [-0.2, 0) is 10.0 Å². The van der Waals surface area contributed by atoms with Gasteiger partial charge in [-0.25, -0.2) is 8.42 Å². The molecule has 0 bridgehead atoms.